The fourth-order valence-corrected chi connectivity index (χ4v) is 2.76. The van der Waals surface area contributed by atoms with E-state index in [1.807, 2.05) is 26.0 Å². The van der Waals surface area contributed by atoms with Crippen LogP contribution in [0.15, 0.2) is 48.7 Å². The fourth-order valence-electron chi connectivity index (χ4n) is 2.76. The number of likely N-dealkylation sites (N-methyl/N-ethyl adjacent to an activating group) is 1. The number of pyridine rings is 2. The SMILES string of the molecule is Cc1cccnc1C[C@H](C)N(C)C(=O)c1ccc2cccc(F)c2n1. The summed E-state index contributed by atoms with van der Waals surface area (Å²) in [6, 6.07) is 12.0. The molecular formula is C20H20FN3O. The van der Waals surface area contributed by atoms with E-state index < -0.39 is 5.82 Å². The monoisotopic (exact) mass is 337 g/mol. The van der Waals surface area contributed by atoms with Crippen LogP contribution >= 0.6 is 0 Å². The lowest BCUT2D eigenvalue weighted by Gasteiger charge is -2.25. The average molecular weight is 337 g/mol. The highest BCUT2D eigenvalue weighted by molar-refractivity contribution is 5.95. The number of carbonyl (C=O) groups is 1. The molecule has 2 aromatic heterocycles. The number of aromatic nitrogens is 2. The van der Waals surface area contributed by atoms with Gasteiger partial charge in [0.15, 0.2) is 0 Å². The Kier molecular flexibility index (Phi) is 4.74. The van der Waals surface area contributed by atoms with Crippen LogP contribution in [0.2, 0.25) is 0 Å². The van der Waals surface area contributed by atoms with Crippen molar-refractivity contribution in [2.75, 3.05) is 7.05 Å². The first kappa shape index (κ1) is 17.0. The van der Waals surface area contributed by atoms with Crippen LogP contribution in [-0.2, 0) is 6.42 Å². The highest BCUT2D eigenvalue weighted by Crippen LogP contribution is 2.18. The first-order valence-electron chi connectivity index (χ1n) is 8.20. The molecule has 0 bridgehead atoms. The Balaban J connectivity index is 1.82. The quantitative estimate of drug-likeness (QED) is 0.728. The van der Waals surface area contributed by atoms with Gasteiger partial charge in [-0.25, -0.2) is 9.37 Å². The van der Waals surface area contributed by atoms with Crippen LogP contribution in [0, 0.1) is 12.7 Å². The van der Waals surface area contributed by atoms with Crippen LogP contribution < -0.4 is 0 Å². The molecule has 0 saturated heterocycles. The van der Waals surface area contributed by atoms with Gasteiger partial charge in [0.25, 0.3) is 5.91 Å². The number of aryl methyl sites for hydroxylation is 1. The lowest BCUT2D eigenvalue weighted by atomic mass is 10.1. The van der Waals surface area contributed by atoms with E-state index in [0.717, 1.165) is 11.3 Å². The van der Waals surface area contributed by atoms with Gasteiger partial charge >= 0.3 is 0 Å². The topological polar surface area (TPSA) is 46.1 Å². The van der Waals surface area contributed by atoms with E-state index in [4.69, 9.17) is 0 Å². The molecule has 3 rings (SSSR count). The Morgan fingerprint density at radius 3 is 2.76 bits per heavy atom. The third-order valence-electron chi connectivity index (χ3n) is 4.48. The van der Waals surface area contributed by atoms with Gasteiger partial charge < -0.3 is 4.90 Å². The molecule has 5 heteroatoms. The van der Waals surface area contributed by atoms with Crippen LogP contribution in [-0.4, -0.2) is 33.9 Å². The number of para-hydroxylation sites is 1. The summed E-state index contributed by atoms with van der Waals surface area (Å²) in [7, 11) is 1.73. The molecule has 0 fully saturated rings. The maximum atomic E-state index is 13.9. The second-order valence-electron chi connectivity index (χ2n) is 6.24. The number of hydrogen-bond acceptors (Lipinski definition) is 3. The Morgan fingerprint density at radius 1 is 1.20 bits per heavy atom. The first-order chi connectivity index (χ1) is 12.0. The van der Waals surface area contributed by atoms with Crippen molar-refractivity contribution in [3.63, 3.8) is 0 Å². The van der Waals surface area contributed by atoms with Crippen molar-refractivity contribution in [3.05, 3.63) is 71.4 Å². The molecule has 0 N–H and O–H groups in total. The summed E-state index contributed by atoms with van der Waals surface area (Å²) >= 11 is 0. The Labute approximate surface area is 146 Å². The second kappa shape index (κ2) is 6.97. The van der Waals surface area contributed by atoms with E-state index in [0.29, 0.717) is 11.8 Å². The number of rotatable bonds is 4. The van der Waals surface area contributed by atoms with Crippen LogP contribution in [0.1, 0.15) is 28.7 Å². The van der Waals surface area contributed by atoms with E-state index in [1.54, 1.807) is 42.4 Å². The summed E-state index contributed by atoms with van der Waals surface area (Å²) < 4.78 is 13.9. The molecule has 1 aromatic carbocycles. The number of benzene rings is 1. The third kappa shape index (κ3) is 3.50. The van der Waals surface area contributed by atoms with Gasteiger partial charge in [-0.3, -0.25) is 9.78 Å². The van der Waals surface area contributed by atoms with Gasteiger partial charge in [0.1, 0.15) is 17.0 Å². The molecule has 0 unspecified atom stereocenters. The minimum atomic E-state index is -0.424. The summed E-state index contributed by atoms with van der Waals surface area (Å²) in [5, 5.41) is 0.677. The number of amides is 1. The predicted molar refractivity (Wildman–Crippen MR) is 95.9 cm³/mol. The van der Waals surface area contributed by atoms with Crippen molar-refractivity contribution in [3.8, 4) is 0 Å². The van der Waals surface area contributed by atoms with Gasteiger partial charge in [0.05, 0.1) is 0 Å². The molecular weight excluding hydrogens is 317 g/mol. The molecule has 0 radical (unpaired) electrons. The van der Waals surface area contributed by atoms with Gasteiger partial charge in [0.2, 0.25) is 0 Å². The number of halogens is 1. The lowest BCUT2D eigenvalue weighted by Crippen LogP contribution is -2.37. The van der Waals surface area contributed by atoms with E-state index in [-0.39, 0.29) is 23.2 Å². The third-order valence-corrected chi connectivity index (χ3v) is 4.48. The molecule has 1 atom stereocenters. The van der Waals surface area contributed by atoms with E-state index in [9.17, 15) is 9.18 Å². The van der Waals surface area contributed by atoms with Crippen molar-refractivity contribution >= 4 is 16.8 Å². The standard InChI is InChI=1S/C20H20FN3O/c1-13-6-5-11-22-18(13)12-14(2)24(3)20(25)17-10-9-15-7-4-8-16(21)19(15)23-17/h4-11,14H,12H2,1-3H3/t14-/m0/s1. The molecule has 0 aliphatic rings. The molecule has 3 aromatic rings. The van der Waals surface area contributed by atoms with Gasteiger partial charge in [-0.1, -0.05) is 24.3 Å². The molecule has 0 aliphatic heterocycles. The van der Waals surface area contributed by atoms with Crippen molar-refractivity contribution in [2.24, 2.45) is 0 Å². The van der Waals surface area contributed by atoms with E-state index >= 15 is 0 Å². The molecule has 2 heterocycles. The molecule has 0 spiro atoms. The van der Waals surface area contributed by atoms with Crippen LogP contribution in [0.3, 0.4) is 0 Å². The maximum Gasteiger partial charge on any atom is 0.272 e. The van der Waals surface area contributed by atoms with Crippen LogP contribution in [0.5, 0.6) is 0 Å². The van der Waals surface area contributed by atoms with Crippen LogP contribution in [0.25, 0.3) is 10.9 Å². The Morgan fingerprint density at radius 2 is 2.00 bits per heavy atom. The van der Waals surface area contributed by atoms with Gasteiger partial charge in [-0.15, -0.1) is 0 Å². The highest BCUT2D eigenvalue weighted by atomic mass is 19.1. The summed E-state index contributed by atoms with van der Waals surface area (Å²) in [6.45, 7) is 3.97. The molecule has 128 valence electrons. The number of carbonyl (C=O) groups excluding carboxylic acids is 1. The molecule has 4 nitrogen and oxygen atoms in total. The van der Waals surface area contributed by atoms with E-state index in [2.05, 4.69) is 9.97 Å². The van der Waals surface area contributed by atoms with Crippen molar-refractivity contribution in [1.29, 1.82) is 0 Å². The lowest BCUT2D eigenvalue weighted by molar-refractivity contribution is 0.0737. The summed E-state index contributed by atoms with van der Waals surface area (Å²) in [4.78, 5) is 23.0. The van der Waals surface area contributed by atoms with Crippen molar-refractivity contribution < 1.29 is 9.18 Å². The number of nitrogens with zero attached hydrogens (tertiary/aromatic N) is 3. The Bertz CT molecular complexity index is 926. The van der Waals surface area contributed by atoms with Gasteiger partial charge in [-0.2, -0.15) is 0 Å². The minimum Gasteiger partial charge on any atom is -0.337 e. The largest absolute Gasteiger partial charge is 0.337 e. The predicted octanol–water partition coefficient (Wildman–Crippen LogP) is 3.78. The van der Waals surface area contributed by atoms with Gasteiger partial charge in [0, 0.05) is 36.8 Å². The maximum absolute atomic E-state index is 13.9. The zero-order chi connectivity index (χ0) is 18.0. The zero-order valence-electron chi connectivity index (χ0n) is 14.5. The number of hydrogen-bond donors (Lipinski definition) is 0. The average Bonchev–Trinajstić information content (AvgIpc) is 2.62. The van der Waals surface area contributed by atoms with E-state index in [1.165, 1.54) is 6.07 Å². The molecule has 1 amide bonds. The Hall–Kier alpha value is -2.82. The smallest absolute Gasteiger partial charge is 0.272 e. The normalized spacial score (nSPS) is 12.2. The van der Waals surface area contributed by atoms with Crippen molar-refractivity contribution in [1.82, 2.24) is 14.9 Å². The summed E-state index contributed by atoms with van der Waals surface area (Å²) in [5.74, 6) is -0.654. The van der Waals surface area contributed by atoms with Gasteiger partial charge in [-0.05, 0) is 37.6 Å². The zero-order valence-corrected chi connectivity index (χ0v) is 14.5. The number of fused-ring (bicyclic) bond motifs is 1. The van der Waals surface area contributed by atoms with Crippen molar-refractivity contribution in [2.45, 2.75) is 26.3 Å². The van der Waals surface area contributed by atoms with Crippen LogP contribution in [0.4, 0.5) is 4.39 Å². The minimum absolute atomic E-state index is 0.0563. The fraction of sp³-hybridized carbons (Fsp3) is 0.250. The second-order valence-corrected chi connectivity index (χ2v) is 6.24. The first-order valence-corrected chi connectivity index (χ1v) is 8.20. The molecule has 25 heavy (non-hydrogen) atoms. The summed E-state index contributed by atoms with van der Waals surface area (Å²) in [5.41, 5.74) is 2.52. The molecule has 0 saturated carbocycles. The summed E-state index contributed by atoms with van der Waals surface area (Å²) in [6.07, 6.45) is 2.40. The molecule has 0 aliphatic carbocycles. The highest BCUT2D eigenvalue weighted by Gasteiger charge is 2.20.